The van der Waals surface area contributed by atoms with Crippen LogP contribution in [0.3, 0.4) is 0 Å². The van der Waals surface area contributed by atoms with Crippen molar-refractivity contribution >= 4 is 15.7 Å². The minimum absolute atomic E-state index is 0.166. The summed E-state index contributed by atoms with van der Waals surface area (Å²) in [5.74, 6) is 0.627. The number of ether oxygens (including phenoxy) is 1. The maximum Gasteiger partial charge on any atom is 0.261 e. The van der Waals surface area contributed by atoms with Gasteiger partial charge < -0.3 is 10.1 Å². The Morgan fingerprint density at radius 1 is 1.30 bits per heavy atom. The molecular formula is C12H16N4O3S. The first kappa shape index (κ1) is 14.4. The number of benzene rings is 1. The minimum Gasteiger partial charge on any atom is -0.492 e. The Morgan fingerprint density at radius 2 is 2.05 bits per heavy atom. The molecule has 20 heavy (non-hydrogen) atoms. The van der Waals surface area contributed by atoms with E-state index in [2.05, 4.69) is 20.2 Å². The molecule has 0 spiro atoms. The zero-order valence-electron chi connectivity index (χ0n) is 11.0. The van der Waals surface area contributed by atoms with Gasteiger partial charge in [-0.05, 0) is 31.3 Å². The second-order valence-electron chi connectivity index (χ2n) is 4.02. The standard InChI is InChI=1S/C12H16N4O3S/c1-13-6-7-19-11-2-4-12(5-3-11)20(17,18)16-10-8-14-15-9-10/h2-5,8-9,13,16H,6-7H2,1H3,(H,14,15). The Balaban J connectivity index is 2.05. The topological polar surface area (TPSA) is 96.1 Å². The summed E-state index contributed by atoms with van der Waals surface area (Å²) in [5.41, 5.74) is 0.388. The van der Waals surface area contributed by atoms with Crippen LogP contribution in [-0.4, -0.2) is 38.8 Å². The molecule has 8 heteroatoms. The molecule has 2 aromatic rings. The van der Waals surface area contributed by atoms with Gasteiger partial charge in [0.25, 0.3) is 10.0 Å². The molecule has 1 aromatic heterocycles. The molecule has 7 nitrogen and oxygen atoms in total. The van der Waals surface area contributed by atoms with Gasteiger partial charge >= 0.3 is 0 Å². The van der Waals surface area contributed by atoms with E-state index in [0.29, 0.717) is 18.0 Å². The van der Waals surface area contributed by atoms with Gasteiger partial charge in [0, 0.05) is 12.7 Å². The van der Waals surface area contributed by atoms with E-state index in [1.165, 1.54) is 24.5 Å². The average molecular weight is 296 g/mol. The van der Waals surface area contributed by atoms with E-state index >= 15 is 0 Å². The molecule has 0 radical (unpaired) electrons. The lowest BCUT2D eigenvalue weighted by molar-refractivity contribution is 0.318. The molecule has 0 bridgehead atoms. The van der Waals surface area contributed by atoms with Gasteiger partial charge in [0.2, 0.25) is 0 Å². The van der Waals surface area contributed by atoms with E-state index in [1.54, 1.807) is 12.1 Å². The second kappa shape index (κ2) is 6.40. The van der Waals surface area contributed by atoms with Gasteiger partial charge in [-0.3, -0.25) is 9.82 Å². The fourth-order valence-electron chi connectivity index (χ4n) is 1.51. The van der Waals surface area contributed by atoms with Crippen molar-refractivity contribution in [3.63, 3.8) is 0 Å². The molecule has 3 N–H and O–H groups in total. The van der Waals surface area contributed by atoms with Gasteiger partial charge in [0.05, 0.1) is 16.8 Å². The molecule has 0 saturated carbocycles. The van der Waals surface area contributed by atoms with Gasteiger partial charge in [-0.2, -0.15) is 5.10 Å². The maximum atomic E-state index is 12.1. The van der Waals surface area contributed by atoms with Crippen LogP contribution in [0, 0.1) is 0 Å². The zero-order chi connectivity index (χ0) is 14.4. The average Bonchev–Trinajstić information content (AvgIpc) is 2.92. The highest BCUT2D eigenvalue weighted by atomic mass is 32.2. The fourth-order valence-corrected chi connectivity index (χ4v) is 2.54. The van der Waals surface area contributed by atoms with Crippen LogP contribution in [0.1, 0.15) is 0 Å². The van der Waals surface area contributed by atoms with Crippen LogP contribution in [0.25, 0.3) is 0 Å². The molecule has 108 valence electrons. The highest BCUT2D eigenvalue weighted by Gasteiger charge is 2.14. The summed E-state index contributed by atoms with van der Waals surface area (Å²) in [4.78, 5) is 0.166. The normalized spacial score (nSPS) is 11.2. The minimum atomic E-state index is -3.60. The number of nitrogens with zero attached hydrogens (tertiary/aromatic N) is 1. The molecule has 0 fully saturated rings. The number of hydrogen-bond acceptors (Lipinski definition) is 5. The molecule has 0 atom stereocenters. The first-order chi connectivity index (χ1) is 9.62. The Morgan fingerprint density at radius 3 is 2.65 bits per heavy atom. The van der Waals surface area contributed by atoms with E-state index < -0.39 is 10.0 Å². The summed E-state index contributed by atoms with van der Waals surface area (Å²) < 4.78 is 32.0. The number of rotatable bonds is 7. The van der Waals surface area contributed by atoms with Gasteiger partial charge in [0.15, 0.2) is 0 Å². The van der Waals surface area contributed by atoms with Crippen molar-refractivity contribution in [3.8, 4) is 5.75 Å². The summed E-state index contributed by atoms with van der Waals surface area (Å²) in [6, 6.07) is 6.24. The number of likely N-dealkylation sites (N-methyl/N-ethyl adjacent to an activating group) is 1. The van der Waals surface area contributed by atoms with Crippen LogP contribution >= 0.6 is 0 Å². The van der Waals surface area contributed by atoms with Crippen LogP contribution in [0.4, 0.5) is 5.69 Å². The molecule has 0 aliphatic rings. The lowest BCUT2D eigenvalue weighted by atomic mass is 10.3. The lowest BCUT2D eigenvalue weighted by Crippen LogP contribution is -2.16. The van der Waals surface area contributed by atoms with Crippen molar-refractivity contribution in [1.82, 2.24) is 15.5 Å². The van der Waals surface area contributed by atoms with Crippen LogP contribution in [0.15, 0.2) is 41.6 Å². The smallest absolute Gasteiger partial charge is 0.261 e. The third-order valence-electron chi connectivity index (χ3n) is 2.51. The van der Waals surface area contributed by atoms with Crippen LogP contribution in [0.2, 0.25) is 0 Å². The first-order valence-corrected chi connectivity index (χ1v) is 7.49. The predicted molar refractivity (Wildman–Crippen MR) is 75.3 cm³/mol. The number of nitrogens with one attached hydrogen (secondary N) is 3. The Hall–Kier alpha value is -2.06. The summed E-state index contributed by atoms with van der Waals surface area (Å²) >= 11 is 0. The zero-order valence-corrected chi connectivity index (χ0v) is 11.8. The van der Waals surface area contributed by atoms with Gasteiger partial charge in [-0.15, -0.1) is 0 Å². The van der Waals surface area contributed by atoms with Gasteiger partial charge in [-0.1, -0.05) is 0 Å². The largest absolute Gasteiger partial charge is 0.492 e. The van der Waals surface area contributed by atoms with E-state index in [1.807, 2.05) is 7.05 Å². The molecule has 0 aliphatic carbocycles. The predicted octanol–water partition coefficient (Wildman–Crippen LogP) is 0.809. The number of anilines is 1. The van der Waals surface area contributed by atoms with Crippen LogP contribution in [0.5, 0.6) is 5.75 Å². The highest BCUT2D eigenvalue weighted by molar-refractivity contribution is 7.92. The van der Waals surface area contributed by atoms with Gasteiger partial charge in [0.1, 0.15) is 12.4 Å². The first-order valence-electron chi connectivity index (χ1n) is 6.01. The SMILES string of the molecule is CNCCOc1ccc(S(=O)(=O)Nc2cn[nH]c2)cc1. The van der Waals surface area contributed by atoms with Crippen molar-refractivity contribution in [2.45, 2.75) is 4.90 Å². The van der Waals surface area contributed by atoms with E-state index in [-0.39, 0.29) is 4.90 Å². The van der Waals surface area contributed by atoms with Crippen molar-refractivity contribution in [2.75, 3.05) is 24.9 Å². The third kappa shape index (κ3) is 3.72. The molecule has 0 amide bonds. The number of hydrogen-bond donors (Lipinski definition) is 3. The quantitative estimate of drug-likeness (QED) is 0.657. The summed E-state index contributed by atoms with van der Waals surface area (Å²) in [6.07, 6.45) is 2.86. The Kier molecular flexibility index (Phi) is 4.59. The molecule has 0 saturated heterocycles. The van der Waals surface area contributed by atoms with Crippen molar-refractivity contribution < 1.29 is 13.2 Å². The lowest BCUT2D eigenvalue weighted by Gasteiger charge is -2.08. The van der Waals surface area contributed by atoms with E-state index in [9.17, 15) is 8.42 Å². The number of sulfonamides is 1. The van der Waals surface area contributed by atoms with E-state index in [0.717, 1.165) is 6.54 Å². The number of aromatic nitrogens is 2. The molecule has 1 heterocycles. The van der Waals surface area contributed by atoms with E-state index in [4.69, 9.17) is 4.74 Å². The fraction of sp³-hybridized carbons (Fsp3) is 0.250. The number of aromatic amines is 1. The summed E-state index contributed by atoms with van der Waals surface area (Å²) in [5, 5.41) is 9.18. The summed E-state index contributed by atoms with van der Waals surface area (Å²) in [7, 11) is -1.77. The molecule has 0 unspecified atom stereocenters. The highest BCUT2D eigenvalue weighted by Crippen LogP contribution is 2.18. The summed E-state index contributed by atoms with van der Waals surface area (Å²) in [6.45, 7) is 1.25. The maximum absolute atomic E-state index is 12.1. The third-order valence-corrected chi connectivity index (χ3v) is 3.90. The van der Waals surface area contributed by atoms with Crippen molar-refractivity contribution in [1.29, 1.82) is 0 Å². The van der Waals surface area contributed by atoms with Crippen LogP contribution in [-0.2, 0) is 10.0 Å². The van der Waals surface area contributed by atoms with Crippen molar-refractivity contribution in [2.24, 2.45) is 0 Å². The van der Waals surface area contributed by atoms with Gasteiger partial charge in [-0.25, -0.2) is 8.42 Å². The molecule has 2 rings (SSSR count). The van der Waals surface area contributed by atoms with Crippen LogP contribution < -0.4 is 14.8 Å². The molecule has 0 aliphatic heterocycles. The Labute approximate surface area is 117 Å². The monoisotopic (exact) mass is 296 g/mol. The molecular weight excluding hydrogens is 280 g/mol. The second-order valence-corrected chi connectivity index (χ2v) is 5.70. The van der Waals surface area contributed by atoms with Crippen molar-refractivity contribution in [3.05, 3.63) is 36.7 Å². The Bertz CT molecular complexity index is 623. The molecule has 1 aromatic carbocycles. The number of H-pyrrole nitrogens is 1.